The number of rotatable bonds is 11. The molecular formula is C20H30N4O4. The van der Waals surface area contributed by atoms with Gasteiger partial charge in [0.2, 0.25) is 5.91 Å². The van der Waals surface area contributed by atoms with E-state index in [0.29, 0.717) is 25.4 Å². The van der Waals surface area contributed by atoms with Crippen LogP contribution in [-0.2, 0) is 9.53 Å². The first kappa shape index (κ1) is 20.6. The van der Waals surface area contributed by atoms with Gasteiger partial charge in [-0.1, -0.05) is 6.07 Å². The van der Waals surface area contributed by atoms with Gasteiger partial charge < -0.3 is 24.8 Å². The van der Waals surface area contributed by atoms with Gasteiger partial charge in [-0.3, -0.25) is 9.89 Å². The molecule has 1 aromatic carbocycles. The smallest absolute Gasteiger partial charge is 0.222 e. The summed E-state index contributed by atoms with van der Waals surface area (Å²) in [7, 11) is 1.69. The van der Waals surface area contributed by atoms with E-state index >= 15 is 0 Å². The van der Waals surface area contributed by atoms with Crippen LogP contribution in [-0.4, -0.2) is 78.7 Å². The van der Waals surface area contributed by atoms with Crippen LogP contribution in [0, 0.1) is 12.8 Å². The third kappa shape index (κ3) is 5.21. The highest BCUT2D eigenvalue weighted by atomic mass is 16.5. The van der Waals surface area contributed by atoms with Crippen LogP contribution in [0.5, 0.6) is 5.75 Å². The molecule has 0 radical (unpaired) electrons. The van der Waals surface area contributed by atoms with E-state index < -0.39 is 6.10 Å². The molecule has 0 spiro atoms. The number of fused-ring (bicyclic) bond motifs is 1. The van der Waals surface area contributed by atoms with Crippen LogP contribution in [0.15, 0.2) is 18.2 Å². The highest BCUT2D eigenvalue weighted by Gasteiger charge is 2.29. The number of nitrogens with zero attached hydrogens (tertiary/aromatic N) is 2. The van der Waals surface area contributed by atoms with Crippen molar-refractivity contribution in [3.8, 4) is 5.75 Å². The number of hydrogen-bond acceptors (Lipinski definition) is 6. The fraction of sp³-hybridized carbons (Fsp3) is 0.600. The maximum Gasteiger partial charge on any atom is 0.222 e. The second-order valence-corrected chi connectivity index (χ2v) is 7.38. The maximum absolute atomic E-state index is 12.0. The number of methoxy groups -OCH3 is 1. The lowest BCUT2D eigenvalue weighted by molar-refractivity contribution is -0.138. The topological polar surface area (TPSA) is 99.7 Å². The van der Waals surface area contributed by atoms with Crippen molar-refractivity contribution in [2.75, 3.05) is 46.5 Å². The summed E-state index contributed by atoms with van der Waals surface area (Å²) in [5.74, 6) is 1.40. The molecule has 8 heteroatoms. The molecule has 1 fully saturated rings. The van der Waals surface area contributed by atoms with Crippen LogP contribution in [0.1, 0.15) is 18.5 Å². The lowest BCUT2D eigenvalue weighted by Gasteiger charge is -2.39. The van der Waals surface area contributed by atoms with Crippen LogP contribution in [0.3, 0.4) is 0 Å². The number of nitrogens with one attached hydrogen (secondary N) is 2. The van der Waals surface area contributed by atoms with E-state index in [1.165, 1.54) is 0 Å². The molecule has 0 saturated carbocycles. The first-order chi connectivity index (χ1) is 13.6. The molecule has 3 rings (SSSR count). The second-order valence-electron chi connectivity index (χ2n) is 7.38. The van der Waals surface area contributed by atoms with Crippen molar-refractivity contribution < 1.29 is 19.4 Å². The fourth-order valence-corrected chi connectivity index (χ4v) is 3.47. The van der Waals surface area contributed by atoms with Gasteiger partial charge in [-0.05, 0) is 32.0 Å². The molecule has 1 atom stereocenters. The Balaban J connectivity index is 1.28. The van der Waals surface area contributed by atoms with Gasteiger partial charge in [0.15, 0.2) is 0 Å². The quantitative estimate of drug-likeness (QED) is 0.497. The zero-order valence-corrected chi connectivity index (χ0v) is 16.6. The van der Waals surface area contributed by atoms with Crippen LogP contribution >= 0.6 is 0 Å². The Morgan fingerprint density at radius 3 is 3.07 bits per heavy atom. The molecule has 0 aliphatic carbocycles. The Labute approximate surface area is 165 Å². The van der Waals surface area contributed by atoms with Gasteiger partial charge in [-0.15, -0.1) is 0 Å². The zero-order chi connectivity index (χ0) is 19.9. The normalized spacial score (nSPS) is 15.6. The van der Waals surface area contributed by atoms with Gasteiger partial charge in [-0.25, -0.2) is 0 Å². The number of benzene rings is 1. The lowest BCUT2D eigenvalue weighted by Crippen LogP contribution is -2.51. The molecule has 154 valence electrons. The molecule has 1 aromatic heterocycles. The van der Waals surface area contributed by atoms with E-state index in [9.17, 15) is 9.90 Å². The Morgan fingerprint density at radius 1 is 1.46 bits per heavy atom. The Hall–Kier alpha value is -2.16. The number of hydrogen-bond donors (Lipinski definition) is 3. The van der Waals surface area contributed by atoms with Gasteiger partial charge in [0.05, 0.1) is 23.2 Å². The third-order valence-electron chi connectivity index (χ3n) is 5.00. The summed E-state index contributed by atoms with van der Waals surface area (Å²) in [6.45, 7) is 5.56. The summed E-state index contributed by atoms with van der Waals surface area (Å²) in [4.78, 5) is 13.9. The highest BCUT2D eigenvalue weighted by molar-refractivity contribution is 5.87. The fourth-order valence-electron chi connectivity index (χ4n) is 3.47. The van der Waals surface area contributed by atoms with Gasteiger partial charge in [0.25, 0.3) is 0 Å². The Kier molecular flexibility index (Phi) is 7.24. The SMILES string of the molecule is COCC1CN(C(=O)CCCNC[C@H](O)COc2cccc3[nH]nc(C)c23)C1. The molecule has 1 saturated heterocycles. The molecule has 0 unspecified atom stereocenters. The molecule has 8 nitrogen and oxygen atoms in total. The molecule has 1 amide bonds. The molecule has 3 N–H and O–H groups in total. The monoisotopic (exact) mass is 390 g/mol. The van der Waals surface area contributed by atoms with Crippen molar-refractivity contribution in [3.63, 3.8) is 0 Å². The molecule has 1 aliphatic heterocycles. The summed E-state index contributed by atoms with van der Waals surface area (Å²) in [5, 5.41) is 21.4. The predicted octanol–water partition coefficient (Wildman–Crippen LogP) is 1.09. The Bertz CT molecular complexity index is 773. The van der Waals surface area contributed by atoms with E-state index in [1.54, 1.807) is 7.11 Å². The molecule has 2 heterocycles. The van der Waals surface area contributed by atoms with Gasteiger partial charge in [-0.2, -0.15) is 5.10 Å². The van der Waals surface area contributed by atoms with E-state index in [2.05, 4.69) is 15.5 Å². The van der Waals surface area contributed by atoms with Crippen molar-refractivity contribution in [2.24, 2.45) is 5.92 Å². The number of aryl methyl sites for hydroxylation is 1. The van der Waals surface area contributed by atoms with Gasteiger partial charge in [0, 0.05) is 39.1 Å². The van der Waals surface area contributed by atoms with E-state index in [0.717, 1.165) is 48.5 Å². The highest BCUT2D eigenvalue weighted by Crippen LogP contribution is 2.26. The number of carbonyl (C=O) groups excluding carboxylic acids is 1. The third-order valence-corrected chi connectivity index (χ3v) is 5.00. The molecule has 1 aliphatic rings. The summed E-state index contributed by atoms with van der Waals surface area (Å²) >= 11 is 0. The minimum atomic E-state index is -0.622. The van der Waals surface area contributed by atoms with Crippen molar-refractivity contribution >= 4 is 16.8 Å². The number of aliphatic hydroxyl groups is 1. The predicted molar refractivity (Wildman–Crippen MR) is 106 cm³/mol. The number of aromatic amines is 1. The number of H-pyrrole nitrogens is 1. The average Bonchev–Trinajstić information content (AvgIpc) is 3.04. The van der Waals surface area contributed by atoms with Crippen LogP contribution in [0.4, 0.5) is 0 Å². The zero-order valence-electron chi connectivity index (χ0n) is 16.6. The van der Waals surface area contributed by atoms with Crippen LogP contribution < -0.4 is 10.1 Å². The van der Waals surface area contributed by atoms with Crippen molar-refractivity contribution in [1.29, 1.82) is 0 Å². The molecule has 2 aromatic rings. The number of ether oxygens (including phenoxy) is 2. The molecule has 0 bridgehead atoms. The number of carbonyl (C=O) groups is 1. The largest absolute Gasteiger partial charge is 0.490 e. The van der Waals surface area contributed by atoms with E-state index in [-0.39, 0.29) is 12.5 Å². The maximum atomic E-state index is 12.0. The second kappa shape index (κ2) is 9.86. The minimum absolute atomic E-state index is 0.196. The summed E-state index contributed by atoms with van der Waals surface area (Å²) < 4.78 is 10.9. The standard InChI is InChI=1S/C20H30N4O4/c1-14-20-17(23-22-14)5-3-6-18(20)28-13-16(25)9-21-8-4-7-19(26)24-10-15(11-24)12-27-2/h3,5-6,15-16,21,25H,4,7-13H2,1-2H3,(H,22,23)/t16-/m0/s1. The molecule has 28 heavy (non-hydrogen) atoms. The summed E-state index contributed by atoms with van der Waals surface area (Å²) in [6, 6.07) is 5.72. The Morgan fingerprint density at radius 2 is 2.29 bits per heavy atom. The number of likely N-dealkylation sites (tertiary alicyclic amines) is 1. The summed E-state index contributed by atoms with van der Waals surface area (Å²) in [6.07, 6.45) is 0.662. The summed E-state index contributed by atoms with van der Waals surface area (Å²) in [5.41, 5.74) is 1.79. The first-order valence-electron chi connectivity index (χ1n) is 9.80. The van der Waals surface area contributed by atoms with Crippen molar-refractivity contribution in [1.82, 2.24) is 20.4 Å². The number of aromatic nitrogens is 2. The minimum Gasteiger partial charge on any atom is -0.490 e. The van der Waals surface area contributed by atoms with Crippen molar-refractivity contribution in [2.45, 2.75) is 25.9 Å². The van der Waals surface area contributed by atoms with E-state index in [1.807, 2.05) is 30.0 Å². The van der Waals surface area contributed by atoms with Crippen molar-refractivity contribution in [3.05, 3.63) is 23.9 Å². The van der Waals surface area contributed by atoms with Gasteiger partial charge >= 0.3 is 0 Å². The molecular weight excluding hydrogens is 360 g/mol. The number of amides is 1. The van der Waals surface area contributed by atoms with Gasteiger partial charge in [0.1, 0.15) is 18.5 Å². The first-order valence-corrected chi connectivity index (χ1v) is 9.80. The van der Waals surface area contributed by atoms with E-state index in [4.69, 9.17) is 9.47 Å². The number of aliphatic hydroxyl groups excluding tert-OH is 1. The van der Waals surface area contributed by atoms with Crippen LogP contribution in [0.2, 0.25) is 0 Å². The lowest BCUT2D eigenvalue weighted by atomic mass is 10.0. The average molecular weight is 390 g/mol. The van der Waals surface area contributed by atoms with Crippen LogP contribution in [0.25, 0.3) is 10.9 Å².